The van der Waals surface area contributed by atoms with Gasteiger partial charge in [0.1, 0.15) is 12.4 Å². The van der Waals surface area contributed by atoms with Crippen LogP contribution >= 0.6 is 0 Å². The predicted octanol–water partition coefficient (Wildman–Crippen LogP) is 1.21. The molecule has 2 amide bonds. The zero-order chi connectivity index (χ0) is 21.5. The van der Waals surface area contributed by atoms with Crippen LogP contribution in [0.25, 0.3) is 0 Å². The van der Waals surface area contributed by atoms with E-state index in [2.05, 4.69) is 10.9 Å². The number of ether oxygens (including phenoxy) is 4. The van der Waals surface area contributed by atoms with E-state index in [0.29, 0.717) is 17.2 Å². The number of hydrogen-bond donors (Lipinski definition) is 2. The second-order valence-corrected chi connectivity index (χ2v) is 6.57. The van der Waals surface area contributed by atoms with Gasteiger partial charge in [0.2, 0.25) is 6.10 Å². The van der Waals surface area contributed by atoms with Gasteiger partial charge in [0.05, 0.1) is 0 Å². The molecule has 0 saturated heterocycles. The molecule has 0 unspecified atom stereocenters. The third-order valence-corrected chi connectivity index (χ3v) is 4.23. The second-order valence-electron chi connectivity index (χ2n) is 6.57. The lowest BCUT2D eigenvalue weighted by molar-refractivity contribution is -0.151. The lowest BCUT2D eigenvalue weighted by Gasteiger charge is -2.25. The number of para-hydroxylation sites is 3. The highest BCUT2D eigenvalue weighted by molar-refractivity contribution is 5.86. The van der Waals surface area contributed by atoms with E-state index in [0.717, 1.165) is 11.1 Å². The second kappa shape index (κ2) is 9.64. The zero-order valence-electron chi connectivity index (χ0n) is 16.6. The minimum absolute atomic E-state index is 0.00333. The highest BCUT2D eigenvalue weighted by Crippen LogP contribution is 2.30. The number of esters is 1. The maximum Gasteiger partial charge on any atom is 0.344 e. The van der Waals surface area contributed by atoms with E-state index in [1.54, 1.807) is 24.3 Å². The molecule has 0 radical (unpaired) electrons. The van der Waals surface area contributed by atoms with Gasteiger partial charge in [-0.15, -0.1) is 0 Å². The van der Waals surface area contributed by atoms with Gasteiger partial charge in [-0.1, -0.05) is 30.3 Å². The third-order valence-electron chi connectivity index (χ3n) is 4.23. The fraction of sp³-hybridized carbons (Fsp3) is 0.286. The summed E-state index contributed by atoms with van der Waals surface area (Å²) in [4.78, 5) is 35.7. The lowest BCUT2D eigenvalue weighted by Crippen LogP contribution is -2.51. The van der Waals surface area contributed by atoms with Gasteiger partial charge in [-0.2, -0.15) is 0 Å². The van der Waals surface area contributed by atoms with Crippen molar-refractivity contribution in [2.45, 2.75) is 20.0 Å². The Hall–Kier alpha value is -3.75. The highest BCUT2D eigenvalue weighted by Gasteiger charge is 2.27. The number of fused-ring (bicyclic) bond motifs is 1. The zero-order valence-corrected chi connectivity index (χ0v) is 16.6. The van der Waals surface area contributed by atoms with Crippen molar-refractivity contribution >= 4 is 17.8 Å². The first-order valence-corrected chi connectivity index (χ1v) is 9.26. The molecule has 2 aromatic rings. The van der Waals surface area contributed by atoms with Crippen molar-refractivity contribution in [3.8, 4) is 17.2 Å². The van der Waals surface area contributed by atoms with Gasteiger partial charge >= 0.3 is 5.97 Å². The number of aryl methyl sites for hydroxylation is 2. The van der Waals surface area contributed by atoms with Crippen LogP contribution in [0, 0.1) is 13.8 Å². The summed E-state index contributed by atoms with van der Waals surface area (Å²) >= 11 is 0. The standard InChI is InChI=1S/C21H22N2O7/c1-13-6-5-7-14(2)20(13)29-12-19(25)28-11-18(24)22-23-21(26)17-10-27-15-8-3-4-9-16(15)30-17/h3-9,17H,10-12H2,1-2H3,(H,22,24)(H,23,26)/t17-/m0/s1. The van der Waals surface area contributed by atoms with Gasteiger partial charge in [0.15, 0.2) is 24.7 Å². The van der Waals surface area contributed by atoms with Gasteiger partial charge in [-0.3, -0.25) is 20.4 Å². The van der Waals surface area contributed by atoms with Crippen molar-refractivity contribution in [1.29, 1.82) is 0 Å². The van der Waals surface area contributed by atoms with Crippen molar-refractivity contribution in [2.24, 2.45) is 0 Å². The first-order valence-electron chi connectivity index (χ1n) is 9.26. The number of carbonyl (C=O) groups is 3. The number of carbonyl (C=O) groups excluding carboxylic acids is 3. The molecular formula is C21H22N2O7. The molecule has 3 rings (SSSR count). The fourth-order valence-electron chi connectivity index (χ4n) is 2.74. The molecule has 1 atom stereocenters. The summed E-state index contributed by atoms with van der Waals surface area (Å²) in [5.74, 6) is -0.431. The van der Waals surface area contributed by atoms with E-state index < -0.39 is 30.5 Å². The molecule has 0 bridgehead atoms. The van der Waals surface area contributed by atoms with E-state index in [9.17, 15) is 14.4 Å². The normalized spacial score (nSPS) is 14.4. The number of benzene rings is 2. The maximum absolute atomic E-state index is 12.1. The molecule has 0 aromatic heterocycles. The van der Waals surface area contributed by atoms with Crippen LogP contribution in [0.2, 0.25) is 0 Å². The van der Waals surface area contributed by atoms with E-state index in [4.69, 9.17) is 18.9 Å². The Balaban J connectivity index is 1.36. The predicted molar refractivity (Wildman–Crippen MR) is 105 cm³/mol. The Morgan fingerprint density at radius 1 is 0.967 bits per heavy atom. The summed E-state index contributed by atoms with van der Waals surface area (Å²) in [5, 5.41) is 0. The summed E-state index contributed by atoms with van der Waals surface area (Å²) in [6.45, 7) is 2.83. The Morgan fingerprint density at radius 2 is 1.67 bits per heavy atom. The molecule has 30 heavy (non-hydrogen) atoms. The Morgan fingerprint density at radius 3 is 2.40 bits per heavy atom. The molecule has 9 heteroatoms. The quantitative estimate of drug-likeness (QED) is 0.540. The molecule has 2 aromatic carbocycles. The number of hydrogen-bond acceptors (Lipinski definition) is 7. The van der Waals surface area contributed by atoms with Crippen molar-refractivity contribution in [1.82, 2.24) is 10.9 Å². The summed E-state index contributed by atoms with van der Waals surface area (Å²) in [5.41, 5.74) is 6.15. The lowest BCUT2D eigenvalue weighted by atomic mass is 10.1. The van der Waals surface area contributed by atoms with Crippen LogP contribution < -0.4 is 25.1 Å². The Kier molecular flexibility index (Phi) is 6.74. The van der Waals surface area contributed by atoms with E-state index in [-0.39, 0.29) is 13.2 Å². The third kappa shape index (κ3) is 5.40. The minimum Gasteiger partial charge on any atom is -0.485 e. The summed E-state index contributed by atoms with van der Waals surface area (Å²) in [6.07, 6.45) is -0.923. The SMILES string of the molecule is Cc1cccc(C)c1OCC(=O)OCC(=O)NNC(=O)[C@@H]1COc2ccccc2O1. The van der Waals surface area contributed by atoms with E-state index in [1.165, 1.54) is 0 Å². The van der Waals surface area contributed by atoms with Crippen molar-refractivity contribution < 1.29 is 33.3 Å². The summed E-state index contributed by atoms with van der Waals surface area (Å²) < 4.78 is 21.3. The molecule has 9 nitrogen and oxygen atoms in total. The van der Waals surface area contributed by atoms with Crippen LogP contribution in [0.5, 0.6) is 17.2 Å². The van der Waals surface area contributed by atoms with Crippen LogP contribution in [0.4, 0.5) is 0 Å². The average Bonchev–Trinajstić information content (AvgIpc) is 2.75. The minimum atomic E-state index is -0.923. The Labute approximate surface area is 173 Å². The van der Waals surface area contributed by atoms with E-state index >= 15 is 0 Å². The number of amides is 2. The molecule has 158 valence electrons. The molecule has 0 spiro atoms. The molecule has 1 heterocycles. The first-order chi connectivity index (χ1) is 14.4. The smallest absolute Gasteiger partial charge is 0.344 e. The van der Waals surface area contributed by atoms with Crippen molar-refractivity contribution in [3.05, 3.63) is 53.6 Å². The fourth-order valence-corrected chi connectivity index (χ4v) is 2.74. The van der Waals surface area contributed by atoms with Gasteiger partial charge < -0.3 is 18.9 Å². The summed E-state index contributed by atoms with van der Waals surface area (Å²) in [7, 11) is 0. The molecule has 0 aliphatic carbocycles. The van der Waals surface area contributed by atoms with Gasteiger partial charge in [-0.05, 0) is 37.1 Å². The molecule has 1 aliphatic rings. The van der Waals surface area contributed by atoms with Crippen LogP contribution in [-0.4, -0.2) is 43.7 Å². The maximum atomic E-state index is 12.1. The number of rotatable bonds is 6. The summed E-state index contributed by atoms with van der Waals surface area (Å²) in [6, 6.07) is 12.6. The molecular weight excluding hydrogens is 392 g/mol. The topological polar surface area (TPSA) is 112 Å². The van der Waals surface area contributed by atoms with Crippen LogP contribution in [0.15, 0.2) is 42.5 Å². The average molecular weight is 414 g/mol. The highest BCUT2D eigenvalue weighted by atomic mass is 16.6. The van der Waals surface area contributed by atoms with Crippen molar-refractivity contribution in [2.75, 3.05) is 19.8 Å². The van der Waals surface area contributed by atoms with Gasteiger partial charge in [0.25, 0.3) is 11.8 Å². The Bertz CT molecular complexity index is 924. The monoisotopic (exact) mass is 414 g/mol. The van der Waals surface area contributed by atoms with Gasteiger partial charge in [0, 0.05) is 0 Å². The van der Waals surface area contributed by atoms with E-state index in [1.807, 2.05) is 32.0 Å². The molecule has 0 saturated carbocycles. The van der Waals surface area contributed by atoms with Crippen LogP contribution in [0.1, 0.15) is 11.1 Å². The van der Waals surface area contributed by atoms with Gasteiger partial charge in [-0.25, -0.2) is 4.79 Å². The van der Waals surface area contributed by atoms with Crippen molar-refractivity contribution in [3.63, 3.8) is 0 Å². The molecule has 2 N–H and O–H groups in total. The number of nitrogens with one attached hydrogen (secondary N) is 2. The number of hydrazine groups is 1. The first kappa shape index (κ1) is 21.0. The molecule has 0 fully saturated rings. The largest absolute Gasteiger partial charge is 0.485 e. The van der Waals surface area contributed by atoms with Crippen LogP contribution in [0.3, 0.4) is 0 Å². The molecule has 1 aliphatic heterocycles. The van der Waals surface area contributed by atoms with Crippen LogP contribution in [-0.2, 0) is 19.1 Å².